The average molecular weight is 237 g/mol. The van der Waals surface area contributed by atoms with Crippen molar-refractivity contribution < 1.29 is 0 Å². The summed E-state index contributed by atoms with van der Waals surface area (Å²) in [5.74, 6) is 0.825. The Morgan fingerprint density at radius 2 is 1.88 bits per heavy atom. The predicted molar refractivity (Wildman–Crippen MR) is 71.2 cm³/mol. The van der Waals surface area contributed by atoms with Crippen LogP contribution in [0.4, 0.5) is 0 Å². The van der Waals surface area contributed by atoms with Gasteiger partial charge in [0, 0.05) is 24.7 Å². The number of rotatable bonds is 1. The maximum absolute atomic E-state index is 3.52. The standard InChI is InChI=1S/C14H27N3/c1-11-9-15-7-5-14(11)17-8-6-12-3-4-13(10-17)16(12)2/h11-15H,3-10H2,1-2H3. The number of likely N-dealkylation sites (tertiary alicyclic amines) is 1. The molecule has 4 atom stereocenters. The average Bonchev–Trinajstić information content (AvgIpc) is 2.55. The number of likely N-dealkylation sites (N-methyl/N-ethyl adjacent to an activating group) is 1. The van der Waals surface area contributed by atoms with Crippen LogP contribution in [0.5, 0.6) is 0 Å². The first kappa shape index (κ1) is 11.9. The maximum Gasteiger partial charge on any atom is 0.0223 e. The summed E-state index contributed by atoms with van der Waals surface area (Å²) in [5.41, 5.74) is 0. The molecule has 2 bridgehead atoms. The molecule has 0 amide bonds. The van der Waals surface area contributed by atoms with Gasteiger partial charge in [0.2, 0.25) is 0 Å². The molecule has 0 aliphatic carbocycles. The van der Waals surface area contributed by atoms with Crippen molar-refractivity contribution in [3.63, 3.8) is 0 Å². The van der Waals surface area contributed by atoms with E-state index in [2.05, 4.69) is 29.1 Å². The second-order valence-corrected chi connectivity index (χ2v) is 6.37. The van der Waals surface area contributed by atoms with Crippen molar-refractivity contribution in [2.75, 3.05) is 33.2 Å². The summed E-state index contributed by atoms with van der Waals surface area (Å²) < 4.78 is 0. The Bertz CT molecular complexity index is 268. The Morgan fingerprint density at radius 1 is 1.06 bits per heavy atom. The van der Waals surface area contributed by atoms with Crippen molar-refractivity contribution in [2.45, 2.75) is 50.7 Å². The Kier molecular flexibility index (Phi) is 3.42. The zero-order chi connectivity index (χ0) is 11.8. The van der Waals surface area contributed by atoms with Crippen molar-refractivity contribution in [1.82, 2.24) is 15.1 Å². The molecule has 3 saturated heterocycles. The van der Waals surface area contributed by atoms with E-state index in [1.807, 2.05) is 0 Å². The molecule has 0 aromatic rings. The Labute approximate surface area is 106 Å². The van der Waals surface area contributed by atoms with E-state index in [4.69, 9.17) is 0 Å². The van der Waals surface area contributed by atoms with Crippen LogP contribution in [-0.2, 0) is 0 Å². The molecule has 0 radical (unpaired) electrons. The molecule has 98 valence electrons. The molecule has 3 nitrogen and oxygen atoms in total. The number of fused-ring (bicyclic) bond motifs is 2. The lowest BCUT2D eigenvalue weighted by Gasteiger charge is -2.39. The van der Waals surface area contributed by atoms with E-state index < -0.39 is 0 Å². The van der Waals surface area contributed by atoms with E-state index in [1.165, 1.54) is 51.9 Å². The summed E-state index contributed by atoms with van der Waals surface area (Å²) in [6, 6.07) is 2.55. The van der Waals surface area contributed by atoms with Gasteiger partial charge in [-0.05, 0) is 58.3 Å². The van der Waals surface area contributed by atoms with Gasteiger partial charge in [0.1, 0.15) is 0 Å². The number of hydrogen-bond donors (Lipinski definition) is 1. The largest absolute Gasteiger partial charge is 0.316 e. The number of hydrogen-bond acceptors (Lipinski definition) is 3. The molecule has 4 unspecified atom stereocenters. The smallest absolute Gasteiger partial charge is 0.0223 e. The fourth-order valence-corrected chi connectivity index (χ4v) is 4.18. The number of nitrogens with one attached hydrogen (secondary N) is 1. The lowest BCUT2D eigenvalue weighted by molar-refractivity contribution is 0.108. The van der Waals surface area contributed by atoms with E-state index in [9.17, 15) is 0 Å². The van der Waals surface area contributed by atoms with Gasteiger partial charge in [0.05, 0.1) is 0 Å². The fraction of sp³-hybridized carbons (Fsp3) is 1.00. The monoisotopic (exact) mass is 237 g/mol. The maximum atomic E-state index is 3.52. The molecule has 3 aliphatic rings. The molecule has 0 aromatic heterocycles. The van der Waals surface area contributed by atoms with Crippen LogP contribution in [0, 0.1) is 5.92 Å². The summed E-state index contributed by atoms with van der Waals surface area (Å²) in [6.07, 6.45) is 5.61. The molecule has 0 aromatic carbocycles. The summed E-state index contributed by atoms with van der Waals surface area (Å²) in [7, 11) is 2.34. The molecule has 3 fully saturated rings. The van der Waals surface area contributed by atoms with E-state index in [0.717, 1.165) is 24.0 Å². The van der Waals surface area contributed by atoms with Crippen LogP contribution in [-0.4, -0.2) is 61.2 Å². The summed E-state index contributed by atoms with van der Waals surface area (Å²) >= 11 is 0. The van der Waals surface area contributed by atoms with Crippen molar-refractivity contribution in [3.05, 3.63) is 0 Å². The second kappa shape index (κ2) is 4.87. The summed E-state index contributed by atoms with van der Waals surface area (Å²) in [4.78, 5) is 5.47. The minimum Gasteiger partial charge on any atom is -0.316 e. The van der Waals surface area contributed by atoms with Gasteiger partial charge in [-0.3, -0.25) is 9.80 Å². The predicted octanol–water partition coefficient (Wildman–Crippen LogP) is 1.15. The summed E-state index contributed by atoms with van der Waals surface area (Å²) in [6.45, 7) is 7.51. The van der Waals surface area contributed by atoms with Crippen molar-refractivity contribution >= 4 is 0 Å². The minimum absolute atomic E-state index is 0.825. The van der Waals surface area contributed by atoms with E-state index in [-0.39, 0.29) is 0 Å². The topological polar surface area (TPSA) is 18.5 Å². The molecule has 1 N–H and O–H groups in total. The van der Waals surface area contributed by atoms with E-state index in [0.29, 0.717) is 0 Å². The second-order valence-electron chi connectivity index (χ2n) is 6.37. The van der Waals surface area contributed by atoms with Crippen molar-refractivity contribution in [2.24, 2.45) is 5.92 Å². The first-order chi connectivity index (χ1) is 8.25. The third-order valence-corrected chi connectivity index (χ3v) is 5.39. The molecule has 0 spiro atoms. The zero-order valence-corrected chi connectivity index (χ0v) is 11.4. The van der Waals surface area contributed by atoms with E-state index >= 15 is 0 Å². The number of nitrogens with zero attached hydrogens (tertiary/aromatic N) is 2. The van der Waals surface area contributed by atoms with Gasteiger partial charge >= 0.3 is 0 Å². The molecule has 0 saturated carbocycles. The molecular weight excluding hydrogens is 210 g/mol. The van der Waals surface area contributed by atoms with Gasteiger partial charge in [0.15, 0.2) is 0 Å². The molecule has 3 heterocycles. The fourth-order valence-electron chi connectivity index (χ4n) is 4.18. The van der Waals surface area contributed by atoms with Crippen LogP contribution in [0.1, 0.15) is 32.6 Å². The van der Waals surface area contributed by atoms with E-state index in [1.54, 1.807) is 0 Å². The van der Waals surface area contributed by atoms with Gasteiger partial charge < -0.3 is 5.32 Å². The van der Waals surface area contributed by atoms with Crippen LogP contribution >= 0.6 is 0 Å². The van der Waals surface area contributed by atoms with Crippen molar-refractivity contribution in [3.8, 4) is 0 Å². The van der Waals surface area contributed by atoms with Gasteiger partial charge in [-0.25, -0.2) is 0 Å². The lowest BCUT2D eigenvalue weighted by atomic mass is 9.92. The quantitative estimate of drug-likeness (QED) is 0.738. The SMILES string of the molecule is CC1CNCCC1N1CCC2CCC(C1)N2C. The highest BCUT2D eigenvalue weighted by molar-refractivity contribution is 4.94. The van der Waals surface area contributed by atoms with Crippen LogP contribution < -0.4 is 5.32 Å². The lowest BCUT2D eigenvalue weighted by Crippen LogP contribution is -2.51. The molecular formula is C14H27N3. The minimum atomic E-state index is 0.825. The molecule has 17 heavy (non-hydrogen) atoms. The zero-order valence-electron chi connectivity index (χ0n) is 11.4. The van der Waals surface area contributed by atoms with Gasteiger partial charge in [-0.1, -0.05) is 6.92 Å². The molecule has 3 aliphatic heterocycles. The van der Waals surface area contributed by atoms with Crippen LogP contribution in [0.15, 0.2) is 0 Å². The summed E-state index contributed by atoms with van der Waals surface area (Å²) in [5, 5.41) is 3.52. The normalized spacial score (nSPS) is 44.8. The van der Waals surface area contributed by atoms with Crippen LogP contribution in [0.3, 0.4) is 0 Å². The third kappa shape index (κ3) is 2.25. The van der Waals surface area contributed by atoms with Gasteiger partial charge in [-0.15, -0.1) is 0 Å². The first-order valence-corrected chi connectivity index (χ1v) is 7.42. The van der Waals surface area contributed by atoms with Gasteiger partial charge in [0.25, 0.3) is 0 Å². The Morgan fingerprint density at radius 3 is 2.71 bits per heavy atom. The molecule has 3 rings (SSSR count). The van der Waals surface area contributed by atoms with Gasteiger partial charge in [-0.2, -0.15) is 0 Å². The highest BCUT2D eigenvalue weighted by Crippen LogP contribution is 2.31. The Balaban J connectivity index is 1.68. The molecule has 3 heteroatoms. The number of piperidine rings is 1. The highest BCUT2D eigenvalue weighted by Gasteiger charge is 2.37. The Hall–Kier alpha value is -0.120. The van der Waals surface area contributed by atoms with Crippen LogP contribution in [0.25, 0.3) is 0 Å². The third-order valence-electron chi connectivity index (χ3n) is 5.39. The first-order valence-electron chi connectivity index (χ1n) is 7.42. The highest BCUT2D eigenvalue weighted by atomic mass is 15.3. The van der Waals surface area contributed by atoms with Crippen LogP contribution in [0.2, 0.25) is 0 Å². The van der Waals surface area contributed by atoms with Crippen molar-refractivity contribution in [1.29, 1.82) is 0 Å².